The van der Waals surface area contributed by atoms with E-state index in [1.165, 1.54) is 0 Å². The quantitative estimate of drug-likeness (QED) is 0.863. The lowest BCUT2D eigenvalue weighted by Crippen LogP contribution is -2.36. The predicted octanol–water partition coefficient (Wildman–Crippen LogP) is 3.21. The second-order valence-corrected chi connectivity index (χ2v) is 4.97. The SMILES string of the molecule is CCOC(=O)c1ccc(CNC(=O)N(C)c2ccccc2)cc1. The number of nitrogens with one attached hydrogen (secondary N) is 1. The molecule has 1 N–H and O–H groups in total. The molecule has 0 atom stereocenters. The molecule has 2 aromatic carbocycles. The lowest BCUT2D eigenvalue weighted by atomic mass is 10.1. The number of nitrogens with zero attached hydrogens (tertiary/aromatic N) is 1. The fourth-order valence-electron chi connectivity index (χ4n) is 2.04. The first-order chi connectivity index (χ1) is 11.1. The topological polar surface area (TPSA) is 58.6 Å². The Kier molecular flexibility index (Phi) is 5.74. The van der Waals surface area contributed by atoms with Crippen molar-refractivity contribution in [2.45, 2.75) is 13.5 Å². The first kappa shape index (κ1) is 16.5. The van der Waals surface area contributed by atoms with Gasteiger partial charge in [-0.1, -0.05) is 30.3 Å². The van der Waals surface area contributed by atoms with E-state index >= 15 is 0 Å². The zero-order valence-electron chi connectivity index (χ0n) is 13.3. The average molecular weight is 312 g/mol. The molecule has 0 aliphatic heterocycles. The lowest BCUT2D eigenvalue weighted by Gasteiger charge is -2.18. The zero-order chi connectivity index (χ0) is 16.7. The molecule has 0 fully saturated rings. The second kappa shape index (κ2) is 7.98. The third-order valence-electron chi connectivity index (χ3n) is 3.36. The number of carbonyl (C=O) groups excluding carboxylic acids is 2. The number of rotatable bonds is 5. The Morgan fingerprint density at radius 3 is 2.30 bits per heavy atom. The van der Waals surface area contributed by atoms with E-state index < -0.39 is 0 Å². The standard InChI is InChI=1S/C18H20N2O3/c1-3-23-17(21)15-11-9-14(10-12-15)13-19-18(22)20(2)16-7-5-4-6-8-16/h4-12H,3,13H2,1-2H3,(H,19,22). The van der Waals surface area contributed by atoms with Crippen molar-refractivity contribution in [1.82, 2.24) is 5.32 Å². The Morgan fingerprint density at radius 2 is 1.70 bits per heavy atom. The van der Waals surface area contributed by atoms with E-state index in [4.69, 9.17) is 4.74 Å². The van der Waals surface area contributed by atoms with Crippen molar-refractivity contribution >= 4 is 17.7 Å². The van der Waals surface area contributed by atoms with Gasteiger partial charge in [0, 0.05) is 19.3 Å². The Morgan fingerprint density at radius 1 is 1.04 bits per heavy atom. The summed E-state index contributed by atoms with van der Waals surface area (Å²) in [6.07, 6.45) is 0. The summed E-state index contributed by atoms with van der Waals surface area (Å²) >= 11 is 0. The van der Waals surface area contributed by atoms with Gasteiger partial charge in [0.2, 0.25) is 0 Å². The molecule has 0 bridgehead atoms. The van der Waals surface area contributed by atoms with Gasteiger partial charge in [0.05, 0.1) is 12.2 Å². The number of amides is 2. The van der Waals surface area contributed by atoms with Crippen molar-refractivity contribution in [1.29, 1.82) is 0 Å². The molecular weight excluding hydrogens is 292 g/mol. The Hall–Kier alpha value is -2.82. The van der Waals surface area contributed by atoms with Crippen LogP contribution in [-0.4, -0.2) is 25.7 Å². The molecule has 0 aromatic heterocycles. The highest BCUT2D eigenvalue weighted by atomic mass is 16.5. The molecule has 5 heteroatoms. The number of para-hydroxylation sites is 1. The molecule has 0 saturated heterocycles. The van der Waals surface area contributed by atoms with Gasteiger partial charge in [-0.15, -0.1) is 0 Å². The second-order valence-electron chi connectivity index (χ2n) is 4.97. The van der Waals surface area contributed by atoms with Gasteiger partial charge in [-0.25, -0.2) is 9.59 Å². The monoisotopic (exact) mass is 312 g/mol. The molecule has 120 valence electrons. The number of hydrogen-bond donors (Lipinski definition) is 1. The Labute approximate surface area is 135 Å². The van der Waals surface area contributed by atoms with E-state index in [0.717, 1.165) is 11.3 Å². The van der Waals surface area contributed by atoms with Crippen molar-refractivity contribution in [2.24, 2.45) is 0 Å². The molecule has 2 rings (SSSR count). The molecule has 0 saturated carbocycles. The summed E-state index contributed by atoms with van der Waals surface area (Å²) in [5.74, 6) is -0.341. The van der Waals surface area contributed by atoms with Gasteiger partial charge in [0.15, 0.2) is 0 Å². The molecule has 0 aliphatic carbocycles. The molecule has 23 heavy (non-hydrogen) atoms. The van der Waals surface area contributed by atoms with Crippen molar-refractivity contribution in [3.63, 3.8) is 0 Å². The van der Waals surface area contributed by atoms with Crippen LogP contribution in [0.4, 0.5) is 10.5 Å². The summed E-state index contributed by atoms with van der Waals surface area (Å²) in [6.45, 7) is 2.51. The maximum Gasteiger partial charge on any atom is 0.338 e. The molecular formula is C18H20N2O3. The number of carbonyl (C=O) groups is 2. The van der Waals surface area contributed by atoms with Gasteiger partial charge in [-0.3, -0.25) is 4.90 Å². The van der Waals surface area contributed by atoms with Gasteiger partial charge >= 0.3 is 12.0 Å². The van der Waals surface area contributed by atoms with E-state index in [1.807, 2.05) is 30.3 Å². The summed E-state index contributed by atoms with van der Waals surface area (Å²) < 4.78 is 4.93. The molecule has 0 aliphatic rings. The van der Waals surface area contributed by atoms with E-state index in [2.05, 4.69) is 5.32 Å². The van der Waals surface area contributed by atoms with Gasteiger partial charge < -0.3 is 10.1 Å². The third-order valence-corrected chi connectivity index (χ3v) is 3.36. The highest BCUT2D eigenvalue weighted by Crippen LogP contribution is 2.11. The number of hydrogen-bond acceptors (Lipinski definition) is 3. The normalized spacial score (nSPS) is 10.0. The van der Waals surface area contributed by atoms with Crippen LogP contribution in [0.1, 0.15) is 22.8 Å². The smallest absolute Gasteiger partial charge is 0.338 e. The van der Waals surface area contributed by atoms with Gasteiger partial charge in [-0.05, 0) is 36.8 Å². The lowest BCUT2D eigenvalue weighted by molar-refractivity contribution is 0.0526. The number of esters is 1. The van der Waals surface area contributed by atoms with Crippen LogP contribution in [-0.2, 0) is 11.3 Å². The number of benzene rings is 2. The summed E-state index contributed by atoms with van der Waals surface area (Å²) in [5, 5.41) is 2.84. The van der Waals surface area contributed by atoms with Gasteiger partial charge in [0.25, 0.3) is 0 Å². The molecule has 0 heterocycles. The maximum atomic E-state index is 12.1. The van der Waals surface area contributed by atoms with Crippen LogP contribution in [0.25, 0.3) is 0 Å². The van der Waals surface area contributed by atoms with Crippen molar-refractivity contribution in [3.8, 4) is 0 Å². The van der Waals surface area contributed by atoms with Gasteiger partial charge in [-0.2, -0.15) is 0 Å². The van der Waals surface area contributed by atoms with E-state index in [-0.39, 0.29) is 12.0 Å². The Bertz CT molecular complexity index is 654. The van der Waals surface area contributed by atoms with E-state index in [0.29, 0.717) is 18.7 Å². The first-order valence-electron chi connectivity index (χ1n) is 7.44. The average Bonchev–Trinajstić information content (AvgIpc) is 2.60. The minimum atomic E-state index is -0.341. The minimum Gasteiger partial charge on any atom is -0.462 e. The molecule has 0 spiro atoms. The summed E-state index contributed by atoms with van der Waals surface area (Å²) in [7, 11) is 1.72. The Balaban J connectivity index is 1.90. The molecule has 0 radical (unpaired) electrons. The highest BCUT2D eigenvalue weighted by molar-refractivity contribution is 5.91. The fourth-order valence-corrected chi connectivity index (χ4v) is 2.04. The molecule has 2 aromatic rings. The summed E-state index contributed by atoms with van der Waals surface area (Å²) in [4.78, 5) is 25.2. The highest BCUT2D eigenvalue weighted by Gasteiger charge is 2.10. The van der Waals surface area contributed by atoms with Crippen LogP contribution in [0.2, 0.25) is 0 Å². The van der Waals surface area contributed by atoms with Crippen molar-refractivity contribution < 1.29 is 14.3 Å². The fraction of sp³-hybridized carbons (Fsp3) is 0.222. The van der Waals surface area contributed by atoms with Crippen LogP contribution >= 0.6 is 0 Å². The van der Waals surface area contributed by atoms with Crippen LogP contribution < -0.4 is 10.2 Å². The van der Waals surface area contributed by atoms with Crippen molar-refractivity contribution in [3.05, 3.63) is 65.7 Å². The summed E-state index contributed by atoms with van der Waals surface area (Å²) in [5.41, 5.74) is 2.24. The van der Waals surface area contributed by atoms with Crippen LogP contribution in [0.15, 0.2) is 54.6 Å². The molecule has 2 amide bonds. The van der Waals surface area contributed by atoms with Crippen molar-refractivity contribution in [2.75, 3.05) is 18.6 Å². The number of urea groups is 1. The summed E-state index contributed by atoms with van der Waals surface area (Å²) in [6, 6.07) is 16.2. The number of anilines is 1. The van der Waals surface area contributed by atoms with Gasteiger partial charge in [0.1, 0.15) is 0 Å². The molecule has 5 nitrogen and oxygen atoms in total. The largest absolute Gasteiger partial charge is 0.462 e. The van der Waals surface area contributed by atoms with Crippen LogP contribution in [0, 0.1) is 0 Å². The predicted molar refractivity (Wildman–Crippen MR) is 89.5 cm³/mol. The maximum absolute atomic E-state index is 12.1. The molecule has 0 unspecified atom stereocenters. The van der Waals surface area contributed by atoms with E-state index in [1.54, 1.807) is 43.1 Å². The number of ether oxygens (including phenoxy) is 1. The van der Waals surface area contributed by atoms with Crippen LogP contribution in [0.5, 0.6) is 0 Å². The minimum absolute atomic E-state index is 0.189. The zero-order valence-corrected chi connectivity index (χ0v) is 13.3. The first-order valence-corrected chi connectivity index (χ1v) is 7.44. The third kappa shape index (κ3) is 4.57. The van der Waals surface area contributed by atoms with E-state index in [9.17, 15) is 9.59 Å². The van der Waals surface area contributed by atoms with Crippen LogP contribution in [0.3, 0.4) is 0 Å².